The molecular formula is C22H19ClFNO3. The Kier molecular flexibility index (Phi) is 4.94. The molecule has 4 rings (SSSR count). The predicted octanol–water partition coefficient (Wildman–Crippen LogP) is 5.02. The van der Waals surface area contributed by atoms with Gasteiger partial charge in [-0.1, -0.05) is 17.7 Å². The summed E-state index contributed by atoms with van der Waals surface area (Å²) in [5.74, 6) is -0.690. The molecule has 0 bridgehead atoms. The van der Waals surface area contributed by atoms with Gasteiger partial charge in [-0.25, -0.2) is 4.39 Å². The van der Waals surface area contributed by atoms with Crippen LogP contribution in [-0.4, -0.2) is 18.8 Å². The number of methoxy groups -OCH3 is 1. The smallest absolute Gasteiger partial charge is 0.232 e. The molecule has 1 atom stereocenters. The van der Waals surface area contributed by atoms with Crippen LogP contribution in [0, 0.1) is 5.82 Å². The van der Waals surface area contributed by atoms with E-state index in [0.29, 0.717) is 42.0 Å². The maximum absolute atomic E-state index is 14.6. The molecule has 0 aromatic heterocycles. The van der Waals surface area contributed by atoms with E-state index in [2.05, 4.69) is 0 Å². The zero-order valence-corrected chi connectivity index (χ0v) is 16.1. The van der Waals surface area contributed by atoms with Crippen molar-refractivity contribution in [2.75, 3.05) is 12.0 Å². The Morgan fingerprint density at radius 1 is 1.11 bits per heavy atom. The van der Waals surface area contributed by atoms with Crippen LogP contribution in [0.4, 0.5) is 10.1 Å². The number of ketones is 1. The van der Waals surface area contributed by atoms with Gasteiger partial charge in [0, 0.05) is 46.3 Å². The molecule has 1 heterocycles. The fourth-order valence-corrected chi connectivity index (χ4v) is 4.41. The molecule has 4 nitrogen and oxygen atoms in total. The second-order valence-corrected chi connectivity index (χ2v) is 7.36. The molecule has 144 valence electrons. The van der Waals surface area contributed by atoms with E-state index >= 15 is 0 Å². The second kappa shape index (κ2) is 7.40. The van der Waals surface area contributed by atoms with Crippen LogP contribution in [0.25, 0.3) is 0 Å². The molecule has 2 aromatic carbocycles. The summed E-state index contributed by atoms with van der Waals surface area (Å²) >= 11 is 6.26. The molecule has 1 amide bonds. The minimum atomic E-state index is -0.654. The minimum Gasteiger partial charge on any atom is -0.497 e. The van der Waals surface area contributed by atoms with E-state index in [0.717, 1.165) is 0 Å². The monoisotopic (exact) mass is 399 g/mol. The molecule has 0 radical (unpaired) electrons. The summed E-state index contributed by atoms with van der Waals surface area (Å²) in [4.78, 5) is 27.5. The SMILES string of the molecule is COc1ccc(N2C(=O)CC(c3c(F)cccc3Cl)C3=C2CCCC3=O)cc1. The van der Waals surface area contributed by atoms with Crippen molar-refractivity contribution in [3.8, 4) is 5.75 Å². The molecule has 2 aromatic rings. The van der Waals surface area contributed by atoms with Crippen LogP contribution in [0.2, 0.25) is 5.02 Å². The first kappa shape index (κ1) is 18.7. The van der Waals surface area contributed by atoms with Crippen molar-refractivity contribution in [3.63, 3.8) is 0 Å². The van der Waals surface area contributed by atoms with Gasteiger partial charge < -0.3 is 4.74 Å². The maximum Gasteiger partial charge on any atom is 0.232 e. The molecule has 0 saturated heterocycles. The molecule has 1 unspecified atom stereocenters. The molecule has 1 aliphatic heterocycles. The number of rotatable bonds is 3. The van der Waals surface area contributed by atoms with E-state index in [-0.39, 0.29) is 28.7 Å². The van der Waals surface area contributed by atoms with Gasteiger partial charge in [0.1, 0.15) is 11.6 Å². The second-order valence-electron chi connectivity index (χ2n) is 6.96. The lowest BCUT2D eigenvalue weighted by molar-refractivity contribution is -0.119. The number of hydrogen-bond donors (Lipinski definition) is 0. The summed E-state index contributed by atoms with van der Waals surface area (Å²) in [5, 5.41) is 0.237. The van der Waals surface area contributed by atoms with E-state index in [1.165, 1.54) is 12.1 Å². The maximum atomic E-state index is 14.6. The average Bonchev–Trinajstić information content (AvgIpc) is 2.68. The minimum absolute atomic E-state index is 0.00272. The Labute approximate surface area is 167 Å². The Hall–Kier alpha value is -2.66. The van der Waals surface area contributed by atoms with Crippen LogP contribution in [-0.2, 0) is 9.59 Å². The Balaban J connectivity index is 1.87. The van der Waals surface area contributed by atoms with Crippen molar-refractivity contribution >= 4 is 29.0 Å². The number of hydrogen-bond acceptors (Lipinski definition) is 3. The first-order chi connectivity index (χ1) is 13.5. The van der Waals surface area contributed by atoms with Crippen molar-refractivity contribution in [1.82, 2.24) is 0 Å². The van der Waals surface area contributed by atoms with Crippen molar-refractivity contribution in [3.05, 3.63) is 70.1 Å². The largest absolute Gasteiger partial charge is 0.497 e. The number of Topliss-reactive ketones (excluding diaryl/α,β-unsaturated/α-hetero) is 1. The third kappa shape index (κ3) is 3.10. The summed E-state index contributed by atoms with van der Waals surface area (Å²) in [6.45, 7) is 0. The van der Waals surface area contributed by atoms with Crippen LogP contribution in [0.15, 0.2) is 53.7 Å². The molecule has 0 saturated carbocycles. The van der Waals surface area contributed by atoms with E-state index in [1.807, 2.05) is 0 Å². The van der Waals surface area contributed by atoms with Gasteiger partial charge >= 0.3 is 0 Å². The number of amides is 1. The fourth-order valence-electron chi connectivity index (χ4n) is 4.11. The summed E-state index contributed by atoms with van der Waals surface area (Å²) in [7, 11) is 1.57. The molecular weight excluding hydrogens is 381 g/mol. The number of ether oxygens (including phenoxy) is 1. The highest BCUT2D eigenvalue weighted by Gasteiger charge is 2.41. The molecule has 0 fully saturated rings. The highest BCUT2D eigenvalue weighted by atomic mass is 35.5. The predicted molar refractivity (Wildman–Crippen MR) is 105 cm³/mol. The Morgan fingerprint density at radius 2 is 1.86 bits per heavy atom. The Bertz CT molecular complexity index is 964. The molecule has 28 heavy (non-hydrogen) atoms. The molecule has 1 aliphatic carbocycles. The zero-order chi connectivity index (χ0) is 19.8. The van der Waals surface area contributed by atoms with Gasteiger partial charge in [-0.15, -0.1) is 0 Å². The van der Waals surface area contributed by atoms with Gasteiger partial charge in [0.25, 0.3) is 0 Å². The molecule has 2 aliphatic rings. The molecule has 0 N–H and O–H groups in total. The number of benzene rings is 2. The first-order valence-electron chi connectivity index (χ1n) is 9.18. The van der Waals surface area contributed by atoms with Gasteiger partial charge in [0.2, 0.25) is 5.91 Å². The van der Waals surface area contributed by atoms with E-state index in [4.69, 9.17) is 16.3 Å². The highest BCUT2D eigenvalue weighted by Crippen LogP contribution is 2.45. The summed E-state index contributed by atoms with van der Waals surface area (Å²) in [6, 6.07) is 11.5. The van der Waals surface area contributed by atoms with Crippen molar-refractivity contribution < 1.29 is 18.7 Å². The molecule has 0 spiro atoms. The summed E-state index contributed by atoms with van der Waals surface area (Å²) in [6.07, 6.45) is 1.64. The topological polar surface area (TPSA) is 46.6 Å². The number of carbonyl (C=O) groups excluding carboxylic acids is 2. The first-order valence-corrected chi connectivity index (χ1v) is 9.56. The van der Waals surface area contributed by atoms with Crippen LogP contribution in [0.3, 0.4) is 0 Å². The highest BCUT2D eigenvalue weighted by molar-refractivity contribution is 6.31. The lowest BCUT2D eigenvalue weighted by atomic mass is 9.77. The van der Waals surface area contributed by atoms with Crippen LogP contribution in [0.1, 0.15) is 37.2 Å². The zero-order valence-electron chi connectivity index (χ0n) is 15.4. The van der Waals surface area contributed by atoms with Crippen LogP contribution >= 0.6 is 11.6 Å². The number of allylic oxidation sites excluding steroid dienone is 2. The lowest BCUT2D eigenvalue weighted by Gasteiger charge is -2.38. The lowest BCUT2D eigenvalue weighted by Crippen LogP contribution is -2.40. The van der Waals surface area contributed by atoms with Crippen molar-refractivity contribution in [1.29, 1.82) is 0 Å². The normalized spacial score (nSPS) is 19.7. The van der Waals surface area contributed by atoms with E-state index < -0.39 is 11.7 Å². The number of nitrogens with zero attached hydrogens (tertiary/aromatic N) is 1. The van der Waals surface area contributed by atoms with E-state index in [1.54, 1.807) is 42.3 Å². The van der Waals surface area contributed by atoms with Crippen molar-refractivity contribution in [2.45, 2.75) is 31.6 Å². The van der Waals surface area contributed by atoms with Gasteiger partial charge in [0.05, 0.1) is 7.11 Å². The number of anilines is 1. The third-order valence-corrected chi connectivity index (χ3v) is 5.68. The summed E-state index contributed by atoms with van der Waals surface area (Å²) < 4.78 is 19.8. The summed E-state index contributed by atoms with van der Waals surface area (Å²) in [5.41, 5.74) is 2.07. The number of halogens is 2. The quantitative estimate of drug-likeness (QED) is 0.728. The van der Waals surface area contributed by atoms with E-state index in [9.17, 15) is 14.0 Å². The van der Waals surface area contributed by atoms with Gasteiger partial charge in [-0.3, -0.25) is 14.5 Å². The fraction of sp³-hybridized carbons (Fsp3) is 0.273. The molecule has 6 heteroatoms. The standard InChI is InChI=1S/C22H19ClFNO3/c1-28-14-10-8-13(9-11-14)25-18-6-3-7-19(26)22(18)15(12-20(25)27)21-16(23)4-2-5-17(21)24/h2,4-5,8-11,15H,3,6-7,12H2,1H3. The van der Waals surface area contributed by atoms with Gasteiger partial charge in [0.15, 0.2) is 5.78 Å². The third-order valence-electron chi connectivity index (χ3n) is 5.35. The van der Waals surface area contributed by atoms with Crippen LogP contribution in [0.5, 0.6) is 5.75 Å². The van der Waals surface area contributed by atoms with Gasteiger partial charge in [-0.05, 0) is 49.2 Å². The Morgan fingerprint density at radius 3 is 2.54 bits per heavy atom. The van der Waals surface area contributed by atoms with Crippen molar-refractivity contribution in [2.24, 2.45) is 0 Å². The average molecular weight is 400 g/mol. The van der Waals surface area contributed by atoms with Gasteiger partial charge in [-0.2, -0.15) is 0 Å². The number of carbonyl (C=O) groups is 2. The van der Waals surface area contributed by atoms with Crippen LogP contribution < -0.4 is 9.64 Å².